The Hall–Kier alpha value is -1.63. The number of anilines is 2. The van der Waals surface area contributed by atoms with Gasteiger partial charge < -0.3 is 20.5 Å². The molecule has 3 N–H and O–H groups in total. The van der Waals surface area contributed by atoms with Crippen molar-refractivity contribution in [2.24, 2.45) is 0 Å². The maximum absolute atomic E-state index is 5.53. The summed E-state index contributed by atoms with van der Waals surface area (Å²) in [5, 5.41) is 3.15. The Morgan fingerprint density at radius 2 is 2.31 bits per heavy atom. The van der Waals surface area contributed by atoms with Crippen LogP contribution >= 0.6 is 0 Å². The highest BCUT2D eigenvalue weighted by Gasteiger charge is 2.15. The van der Waals surface area contributed by atoms with Gasteiger partial charge in [0.15, 0.2) is 0 Å². The monoisotopic (exact) mass is 225 g/mol. The van der Waals surface area contributed by atoms with E-state index in [9.17, 15) is 0 Å². The van der Waals surface area contributed by atoms with Crippen LogP contribution in [0.1, 0.15) is 12.8 Å². The number of nitrogen functional groups attached to an aromatic ring is 1. The Kier molecular flexibility index (Phi) is 3.35. The Bertz CT molecular complexity index is 354. The topological polar surface area (TPSA) is 95.2 Å². The van der Waals surface area contributed by atoms with Crippen molar-refractivity contribution in [3.63, 3.8) is 0 Å². The third-order valence-electron chi connectivity index (χ3n) is 2.31. The molecule has 1 aromatic rings. The first-order chi connectivity index (χ1) is 7.78. The van der Waals surface area contributed by atoms with Gasteiger partial charge in [-0.1, -0.05) is 0 Å². The van der Waals surface area contributed by atoms with Crippen molar-refractivity contribution in [3.05, 3.63) is 0 Å². The van der Waals surface area contributed by atoms with Gasteiger partial charge in [0.1, 0.15) is 0 Å². The molecule has 1 aromatic heterocycles. The van der Waals surface area contributed by atoms with Crippen molar-refractivity contribution in [1.82, 2.24) is 15.0 Å². The van der Waals surface area contributed by atoms with Gasteiger partial charge in [0, 0.05) is 6.61 Å². The second kappa shape index (κ2) is 4.93. The molecule has 2 rings (SSSR count). The minimum absolute atomic E-state index is 0.145. The average Bonchev–Trinajstić information content (AvgIpc) is 2.29. The van der Waals surface area contributed by atoms with E-state index in [-0.39, 0.29) is 18.0 Å². The fourth-order valence-electron chi connectivity index (χ4n) is 1.57. The van der Waals surface area contributed by atoms with Crippen LogP contribution in [0.25, 0.3) is 0 Å². The zero-order valence-corrected chi connectivity index (χ0v) is 9.14. The van der Waals surface area contributed by atoms with Gasteiger partial charge in [0.05, 0.1) is 19.8 Å². The Morgan fingerprint density at radius 1 is 1.44 bits per heavy atom. The normalized spacial score (nSPS) is 20.4. The van der Waals surface area contributed by atoms with E-state index in [2.05, 4.69) is 20.3 Å². The van der Waals surface area contributed by atoms with Gasteiger partial charge in [-0.25, -0.2) is 0 Å². The highest BCUT2D eigenvalue weighted by atomic mass is 16.5. The van der Waals surface area contributed by atoms with Crippen LogP contribution in [0.4, 0.5) is 11.9 Å². The largest absolute Gasteiger partial charge is 0.467 e. The van der Waals surface area contributed by atoms with E-state index in [1.807, 2.05) is 0 Å². The summed E-state index contributed by atoms with van der Waals surface area (Å²) in [7, 11) is 1.49. The Morgan fingerprint density at radius 3 is 3.00 bits per heavy atom. The van der Waals surface area contributed by atoms with Crippen LogP contribution in [0.5, 0.6) is 6.01 Å². The molecule has 0 spiro atoms. The number of nitrogens with zero attached hydrogens (tertiary/aromatic N) is 3. The van der Waals surface area contributed by atoms with Gasteiger partial charge in [-0.3, -0.25) is 0 Å². The number of nitrogens with two attached hydrogens (primary N) is 1. The summed E-state index contributed by atoms with van der Waals surface area (Å²) in [6.45, 7) is 1.48. The van der Waals surface area contributed by atoms with Crippen molar-refractivity contribution in [2.45, 2.75) is 18.9 Å². The van der Waals surface area contributed by atoms with Crippen LogP contribution in [-0.2, 0) is 4.74 Å². The molecular formula is C9H15N5O2. The minimum Gasteiger partial charge on any atom is -0.467 e. The lowest BCUT2D eigenvalue weighted by Gasteiger charge is -2.22. The molecule has 0 saturated carbocycles. The molecule has 0 aromatic carbocycles. The third kappa shape index (κ3) is 2.69. The quantitative estimate of drug-likeness (QED) is 0.750. The standard InChI is InChI=1S/C9H15N5O2/c1-15-9-13-7(10)12-8(14-9)11-6-3-2-4-16-5-6/h6H,2-5H2,1H3,(H3,10,11,12,13,14). The number of aromatic nitrogens is 3. The van der Waals surface area contributed by atoms with Crippen molar-refractivity contribution in [1.29, 1.82) is 0 Å². The molecule has 0 radical (unpaired) electrons. The fraction of sp³-hybridized carbons (Fsp3) is 0.667. The minimum atomic E-state index is 0.145. The molecule has 7 heteroatoms. The number of rotatable bonds is 3. The smallest absolute Gasteiger partial charge is 0.322 e. The number of hydrogen-bond acceptors (Lipinski definition) is 7. The molecule has 0 aliphatic carbocycles. The molecule has 7 nitrogen and oxygen atoms in total. The lowest BCUT2D eigenvalue weighted by molar-refractivity contribution is 0.0873. The van der Waals surface area contributed by atoms with E-state index in [1.165, 1.54) is 7.11 Å². The van der Waals surface area contributed by atoms with Crippen LogP contribution < -0.4 is 15.8 Å². The van der Waals surface area contributed by atoms with Crippen LogP contribution in [0, 0.1) is 0 Å². The second-order valence-electron chi connectivity index (χ2n) is 3.56. The Labute approximate surface area is 93.4 Å². The second-order valence-corrected chi connectivity index (χ2v) is 3.56. The molecule has 1 atom stereocenters. The van der Waals surface area contributed by atoms with Gasteiger partial charge in [-0.2, -0.15) is 15.0 Å². The predicted molar refractivity (Wildman–Crippen MR) is 58.3 cm³/mol. The Balaban J connectivity index is 2.04. The molecule has 1 aliphatic rings. The zero-order valence-electron chi connectivity index (χ0n) is 9.14. The molecule has 0 amide bonds. The van der Waals surface area contributed by atoms with Crippen LogP contribution in [-0.4, -0.2) is 41.3 Å². The van der Waals surface area contributed by atoms with Gasteiger partial charge in [-0.05, 0) is 12.8 Å². The van der Waals surface area contributed by atoms with Gasteiger partial charge in [-0.15, -0.1) is 0 Å². The maximum Gasteiger partial charge on any atom is 0.322 e. The van der Waals surface area contributed by atoms with Gasteiger partial charge in [0.2, 0.25) is 11.9 Å². The molecule has 1 aliphatic heterocycles. The summed E-state index contributed by atoms with van der Waals surface area (Å²) in [4.78, 5) is 11.8. The molecule has 1 fully saturated rings. The lowest BCUT2D eigenvalue weighted by atomic mass is 10.1. The number of hydrogen-bond donors (Lipinski definition) is 2. The van der Waals surface area contributed by atoms with E-state index in [0.29, 0.717) is 12.6 Å². The first-order valence-electron chi connectivity index (χ1n) is 5.18. The van der Waals surface area contributed by atoms with Gasteiger partial charge in [0.25, 0.3) is 0 Å². The molecule has 2 heterocycles. The first-order valence-corrected chi connectivity index (χ1v) is 5.18. The summed E-state index contributed by atoms with van der Waals surface area (Å²) in [6.07, 6.45) is 2.07. The van der Waals surface area contributed by atoms with E-state index >= 15 is 0 Å². The predicted octanol–water partition coefficient (Wildman–Crippen LogP) is 0.0533. The number of nitrogens with one attached hydrogen (secondary N) is 1. The number of ether oxygens (including phenoxy) is 2. The first kappa shape index (κ1) is 10.9. The lowest BCUT2D eigenvalue weighted by Crippen LogP contribution is -2.30. The molecule has 88 valence electrons. The van der Waals surface area contributed by atoms with Crippen LogP contribution in [0.2, 0.25) is 0 Å². The van der Waals surface area contributed by atoms with E-state index < -0.39 is 0 Å². The molecule has 1 unspecified atom stereocenters. The summed E-state index contributed by atoms with van der Waals surface area (Å²) in [5.74, 6) is 0.575. The summed E-state index contributed by atoms with van der Waals surface area (Å²) in [6, 6.07) is 0.437. The molecule has 16 heavy (non-hydrogen) atoms. The highest BCUT2D eigenvalue weighted by Crippen LogP contribution is 2.13. The van der Waals surface area contributed by atoms with E-state index in [1.54, 1.807) is 0 Å². The molecule has 1 saturated heterocycles. The van der Waals surface area contributed by atoms with Crippen LogP contribution in [0.3, 0.4) is 0 Å². The summed E-state index contributed by atoms with van der Waals surface area (Å²) >= 11 is 0. The third-order valence-corrected chi connectivity index (χ3v) is 2.31. The summed E-state index contributed by atoms with van der Waals surface area (Å²) < 4.78 is 10.3. The van der Waals surface area contributed by atoms with E-state index in [4.69, 9.17) is 15.2 Å². The molecular weight excluding hydrogens is 210 g/mol. The summed E-state index contributed by atoms with van der Waals surface area (Å²) in [5.41, 5.74) is 5.53. The zero-order chi connectivity index (χ0) is 11.4. The average molecular weight is 225 g/mol. The van der Waals surface area contributed by atoms with Gasteiger partial charge >= 0.3 is 6.01 Å². The SMILES string of the molecule is COc1nc(N)nc(NC2CCCOC2)n1. The van der Waals surface area contributed by atoms with Crippen molar-refractivity contribution >= 4 is 11.9 Å². The molecule has 0 bridgehead atoms. The van der Waals surface area contributed by atoms with Crippen molar-refractivity contribution < 1.29 is 9.47 Å². The van der Waals surface area contributed by atoms with E-state index in [0.717, 1.165) is 19.4 Å². The maximum atomic E-state index is 5.53. The highest BCUT2D eigenvalue weighted by molar-refractivity contribution is 5.33. The van der Waals surface area contributed by atoms with Crippen LogP contribution in [0.15, 0.2) is 0 Å². The number of methoxy groups -OCH3 is 1. The van der Waals surface area contributed by atoms with Crippen molar-refractivity contribution in [2.75, 3.05) is 31.4 Å². The fourth-order valence-corrected chi connectivity index (χ4v) is 1.57. The van der Waals surface area contributed by atoms with Crippen molar-refractivity contribution in [3.8, 4) is 6.01 Å².